The van der Waals surface area contributed by atoms with E-state index in [1.807, 2.05) is 55.5 Å². The van der Waals surface area contributed by atoms with Crippen molar-refractivity contribution in [3.05, 3.63) is 113 Å². The summed E-state index contributed by atoms with van der Waals surface area (Å²) in [7, 11) is -3.79. The standard InChI is InChI=1S/C40H51N5O6S/c1-30(36-12-7-10-34-9-5-6-11-37(34)36)43-38(46)45(22-8-21-44-23-25-50-26-24-44)29-33-17-19-35(20-18-33)52(48,49)42-28-32-15-13-31(14-16-32)27-41-39(47)51-40(2,3)4/h5-7,9-20,30,42H,8,21-29H2,1-4H3,(H,41,47)(H,43,46)/t30-/m0/s1. The zero-order chi connectivity index (χ0) is 37.1. The van der Waals surface area contributed by atoms with Crippen LogP contribution in [0.15, 0.2) is 95.9 Å². The number of hydrogen-bond acceptors (Lipinski definition) is 7. The van der Waals surface area contributed by atoms with Crippen LogP contribution in [0.2, 0.25) is 0 Å². The number of hydrogen-bond donors (Lipinski definition) is 3. The van der Waals surface area contributed by atoms with Crippen molar-refractivity contribution < 1.29 is 27.5 Å². The van der Waals surface area contributed by atoms with Crippen LogP contribution in [0.4, 0.5) is 9.59 Å². The molecule has 1 aliphatic rings. The quantitative estimate of drug-likeness (QED) is 0.138. The van der Waals surface area contributed by atoms with Gasteiger partial charge in [0.25, 0.3) is 0 Å². The number of amides is 3. The minimum absolute atomic E-state index is 0.107. The molecule has 4 aromatic rings. The Morgan fingerprint density at radius 1 is 0.865 bits per heavy atom. The topological polar surface area (TPSA) is 129 Å². The molecule has 1 aliphatic heterocycles. The molecule has 0 spiro atoms. The van der Waals surface area contributed by atoms with Crippen LogP contribution in [0.3, 0.4) is 0 Å². The van der Waals surface area contributed by atoms with Crippen LogP contribution in [0.1, 0.15) is 62.4 Å². The third-order valence-electron chi connectivity index (χ3n) is 8.86. The molecule has 3 N–H and O–H groups in total. The lowest BCUT2D eigenvalue weighted by Gasteiger charge is -2.29. The molecule has 0 aromatic heterocycles. The third-order valence-corrected chi connectivity index (χ3v) is 10.3. The van der Waals surface area contributed by atoms with Crippen LogP contribution in [0, 0.1) is 0 Å². The Morgan fingerprint density at radius 3 is 2.19 bits per heavy atom. The number of sulfonamides is 1. The van der Waals surface area contributed by atoms with Crippen molar-refractivity contribution >= 4 is 32.9 Å². The van der Waals surface area contributed by atoms with E-state index in [2.05, 4.69) is 38.5 Å². The fourth-order valence-electron chi connectivity index (χ4n) is 6.06. The second-order valence-electron chi connectivity index (χ2n) is 14.1. The molecule has 52 heavy (non-hydrogen) atoms. The number of carbonyl (C=O) groups excluding carboxylic acids is 2. The molecule has 1 atom stereocenters. The highest BCUT2D eigenvalue weighted by Gasteiger charge is 2.21. The average molecular weight is 730 g/mol. The summed E-state index contributed by atoms with van der Waals surface area (Å²) in [5.41, 5.74) is 2.93. The van der Waals surface area contributed by atoms with Gasteiger partial charge in [0.1, 0.15) is 5.60 Å². The fraction of sp³-hybridized carbons (Fsp3) is 0.400. The molecule has 11 nitrogen and oxygen atoms in total. The minimum Gasteiger partial charge on any atom is -0.444 e. The molecule has 1 heterocycles. The number of benzene rings is 4. The second-order valence-corrected chi connectivity index (χ2v) is 15.9. The average Bonchev–Trinajstić information content (AvgIpc) is 3.13. The smallest absolute Gasteiger partial charge is 0.407 e. The Kier molecular flexibility index (Phi) is 13.3. The van der Waals surface area contributed by atoms with Gasteiger partial charge in [-0.25, -0.2) is 22.7 Å². The highest BCUT2D eigenvalue weighted by atomic mass is 32.2. The summed E-state index contributed by atoms with van der Waals surface area (Å²) in [6, 6.07) is 27.9. The number of morpholine rings is 1. The molecule has 278 valence electrons. The molecule has 1 saturated heterocycles. The number of carbonyl (C=O) groups is 2. The van der Waals surface area contributed by atoms with Gasteiger partial charge in [-0.3, -0.25) is 4.90 Å². The summed E-state index contributed by atoms with van der Waals surface area (Å²) in [5, 5.41) is 8.15. The van der Waals surface area contributed by atoms with Crippen molar-refractivity contribution in [2.45, 2.75) is 70.3 Å². The van der Waals surface area contributed by atoms with Gasteiger partial charge in [-0.15, -0.1) is 0 Å². The van der Waals surface area contributed by atoms with E-state index in [0.29, 0.717) is 19.6 Å². The zero-order valence-corrected chi connectivity index (χ0v) is 31.4. The number of urea groups is 1. The summed E-state index contributed by atoms with van der Waals surface area (Å²) in [4.78, 5) is 30.0. The predicted molar refractivity (Wildman–Crippen MR) is 203 cm³/mol. The van der Waals surface area contributed by atoms with E-state index in [1.54, 1.807) is 49.9 Å². The first-order valence-corrected chi connectivity index (χ1v) is 19.3. The SMILES string of the molecule is C[C@H](NC(=O)N(CCCN1CCOCC1)Cc1ccc(S(=O)(=O)NCc2ccc(CNC(=O)OC(C)(C)C)cc2)cc1)c1cccc2ccccc12. The minimum atomic E-state index is -3.79. The molecule has 0 unspecified atom stereocenters. The van der Waals surface area contributed by atoms with Crippen molar-refractivity contribution in [1.82, 2.24) is 25.2 Å². The first-order chi connectivity index (χ1) is 24.9. The largest absolute Gasteiger partial charge is 0.444 e. The van der Waals surface area contributed by atoms with Gasteiger partial charge in [-0.2, -0.15) is 0 Å². The molecule has 4 aromatic carbocycles. The Labute approximate surface area is 307 Å². The molecule has 0 saturated carbocycles. The lowest BCUT2D eigenvalue weighted by Crippen LogP contribution is -2.43. The van der Waals surface area contributed by atoms with E-state index in [-0.39, 0.29) is 23.5 Å². The van der Waals surface area contributed by atoms with Gasteiger partial charge in [-0.05, 0) is 79.3 Å². The molecule has 5 rings (SSSR count). The Balaban J connectivity index is 1.19. The third kappa shape index (κ3) is 11.5. The normalized spacial score (nSPS) is 14.5. The predicted octanol–water partition coefficient (Wildman–Crippen LogP) is 6.34. The molecular formula is C40H51N5O6S. The Hall–Kier alpha value is -4.49. The highest BCUT2D eigenvalue weighted by molar-refractivity contribution is 7.89. The second kappa shape index (κ2) is 17.8. The van der Waals surface area contributed by atoms with Gasteiger partial charge in [0.2, 0.25) is 10.0 Å². The van der Waals surface area contributed by atoms with Crippen molar-refractivity contribution in [2.75, 3.05) is 39.4 Å². The van der Waals surface area contributed by atoms with Crippen molar-refractivity contribution in [3.63, 3.8) is 0 Å². The van der Waals surface area contributed by atoms with Crippen LogP contribution in [-0.4, -0.2) is 75.3 Å². The molecule has 1 fully saturated rings. The molecular weight excluding hydrogens is 679 g/mol. The van der Waals surface area contributed by atoms with Gasteiger partial charge in [0.15, 0.2) is 0 Å². The van der Waals surface area contributed by atoms with Crippen molar-refractivity contribution in [2.24, 2.45) is 0 Å². The van der Waals surface area contributed by atoms with Crippen molar-refractivity contribution in [1.29, 1.82) is 0 Å². The fourth-order valence-corrected chi connectivity index (χ4v) is 7.08. The van der Waals surface area contributed by atoms with Crippen LogP contribution < -0.4 is 15.4 Å². The first kappa shape index (κ1) is 38.7. The molecule has 0 radical (unpaired) electrons. The Bertz CT molecular complexity index is 1880. The van der Waals surface area contributed by atoms with Gasteiger partial charge >= 0.3 is 12.1 Å². The summed E-state index contributed by atoms with van der Waals surface area (Å²) in [6.07, 6.45) is 0.301. The van der Waals surface area contributed by atoms with Crippen LogP contribution in [0.25, 0.3) is 10.8 Å². The number of alkyl carbamates (subject to hydrolysis) is 1. The monoisotopic (exact) mass is 729 g/mol. The van der Waals surface area contributed by atoms with E-state index in [9.17, 15) is 18.0 Å². The van der Waals surface area contributed by atoms with E-state index in [4.69, 9.17) is 9.47 Å². The number of fused-ring (bicyclic) bond motifs is 1. The highest BCUT2D eigenvalue weighted by Crippen LogP contribution is 2.24. The first-order valence-electron chi connectivity index (χ1n) is 17.8. The number of nitrogens with one attached hydrogen (secondary N) is 3. The van der Waals surface area contributed by atoms with Gasteiger partial charge in [0, 0.05) is 45.8 Å². The van der Waals surface area contributed by atoms with Gasteiger partial charge < -0.3 is 25.0 Å². The number of rotatable bonds is 14. The maximum absolute atomic E-state index is 13.8. The molecule has 0 aliphatic carbocycles. The van der Waals surface area contributed by atoms with Crippen LogP contribution in [-0.2, 0) is 39.1 Å². The molecule has 12 heteroatoms. The lowest BCUT2D eigenvalue weighted by atomic mass is 10.00. The van der Waals surface area contributed by atoms with E-state index >= 15 is 0 Å². The molecule has 3 amide bonds. The van der Waals surface area contributed by atoms with Crippen molar-refractivity contribution in [3.8, 4) is 0 Å². The maximum atomic E-state index is 13.8. The van der Waals surface area contributed by atoms with Gasteiger partial charge in [0.05, 0.1) is 24.2 Å². The number of nitrogens with zero attached hydrogens (tertiary/aromatic N) is 2. The lowest BCUT2D eigenvalue weighted by molar-refractivity contribution is 0.0364. The zero-order valence-electron chi connectivity index (χ0n) is 30.6. The van der Waals surface area contributed by atoms with E-state index < -0.39 is 21.7 Å². The van der Waals surface area contributed by atoms with E-state index in [0.717, 1.165) is 72.3 Å². The summed E-state index contributed by atoms with van der Waals surface area (Å²) >= 11 is 0. The van der Waals surface area contributed by atoms with Crippen LogP contribution in [0.5, 0.6) is 0 Å². The summed E-state index contributed by atoms with van der Waals surface area (Å²) in [6.45, 7) is 12.7. The van der Waals surface area contributed by atoms with Crippen LogP contribution >= 0.6 is 0 Å². The maximum Gasteiger partial charge on any atom is 0.407 e. The van der Waals surface area contributed by atoms with E-state index in [1.165, 1.54) is 0 Å². The molecule has 0 bridgehead atoms. The van der Waals surface area contributed by atoms with Gasteiger partial charge in [-0.1, -0.05) is 78.9 Å². The Morgan fingerprint density at radius 2 is 1.50 bits per heavy atom. The summed E-state index contributed by atoms with van der Waals surface area (Å²) in [5.74, 6) is 0. The number of ether oxygens (including phenoxy) is 2. The summed E-state index contributed by atoms with van der Waals surface area (Å²) < 4.78 is 39.8.